The molecule has 0 aliphatic heterocycles. The summed E-state index contributed by atoms with van der Waals surface area (Å²) in [5.74, 6) is 0. The highest BCUT2D eigenvalue weighted by Crippen LogP contribution is 2.25. The van der Waals surface area contributed by atoms with Gasteiger partial charge in [0.25, 0.3) is 0 Å². The van der Waals surface area contributed by atoms with Crippen molar-refractivity contribution in [1.29, 1.82) is 0 Å². The van der Waals surface area contributed by atoms with Crippen molar-refractivity contribution >= 4 is 11.3 Å². The van der Waals surface area contributed by atoms with Crippen LogP contribution in [0.15, 0.2) is 54.2 Å². The van der Waals surface area contributed by atoms with Gasteiger partial charge in [0.1, 0.15) is 0 Å². The van der Waals surface area contributed by atoms with Crippen molar-refractivity contribution in [2.75, 3.05) is 0 Å². The van der Waals surface area contributed by atoms with E-state index in [1.54, 1.807) is 17.5 Å². The van der Waals surface area contributed by atoms with Gasteiger partial charge in [0.2, 0.25) is 0 Å². The molecule has 0 spiro atoms. The van der Waals surface area contributed by atoms with Gasteiger partial charge in [0, 0.05) is 35.8 Å². The maximum absolute atomic E-state index is 6.30. The molecule has 0 fully saturated rings. The minimum Gasteiger partial charge on any atom is -0.324 e. The molecule has 1 aromatic carbocycles. The van der Waals surface area contributed by atoms with E-state index in [4.69, 9.17) is 10.7 Å². The van der Waals surface area contributed by atoms with Crippen LogP contribution >= 0.6 is 11.3 Å². The first-order valence-electron chi connectivity index (χ1n) is 6.90. The Morgan fingerprint density at radius 2 is 2.00 bits per heavy atom. The smallest absolute Gasteiger partial charge is 0.0951 e. The van der Waals surface area contributed by atoms with Gasteiger partial charge in [-0.05, 0) is 24.1 Å². The SMILES string of the molecule is Cc1ccncc1C(N)Cc1nc(-c2ccccc2)cs1. The van der Waals surface area contributed by atoms with E-state index in [1.165, 1.54) is 5.56 Å². The lowest BCUT2D eigenvalue weighted by Crippen LogP contribution is -2.14. The maximum atomic E-state index is 6.30. The van der Waals surface area contributed by atoms with E-state index < -0.39 is 0 Å². The Kier molecular flexibility index (Phi) is 4.08. The average molecular weight is 295 g/mol. The van der Waals surface area contributed by atoms with E-state index in [1.807, 2.05) is 30.5 Å². The maximum Gasteiger partial charge on any atom is 0.0951 e. The van der Waals surface area contributed by atoms with E-state index in [-0.39, 0.29) is 6.04 Å². The Bertz CT molecular complexity index is 722. The summed E-state index contributed by atoms with van der Waals surface area (Å²) >= 11 is 1.66. The monoisotopic (exact) mass is 295 g/mol. The number of aromatic nitrogens is 2. The Morgan fingerprint density at radius 3 is 2.76 bits per heavy atom. The molecule has 4 heteroatoms. The molecule has 0 aliphatic rings. The molecule has 1 atom stereocenters. The summed E-state index contributed by atoms with van der Waals surface area (Å²) in [6.07, 6.45) is 4.39. The summed E-state index contributed by atoms with van der Waals surface area (Å²) in [4.78, 5) is 8.86. The fourth-order valence-electron chi connectivity index (χ4n) is 2.31. The minimum absolute atomic E-state index is 0.0616. The zero-order valence-electron chi connectivity index (χ0n) is 11.9. The second-order valence-electron chi connectivity index (χ2n) is 5.04. The summed E-state index contributed by atoms with van der Waals surface area (Å²) in [6.45, 7) is 2.06. The first-order chi connectivity index (χ1) is 10.2. The molecule has 0 radical (unpaired) electrons. The van der Waals surface area contributed by atoms with Crippen molar-refractivity contribution in [3.63, 3.8) is 0 Å². The Labute approximate surface area is 128 Å². The predicted molar refractivity (Wildman–Crippen MR) is 87.2 cm³/mol. The largest absolute Gasteiger partial charge is 0.324 e. The second kappa shape index (κ2) is 6.16. The van der Waals surface area contributed by atoms with Crippen LogP contribution in [0, 0.1) is 6.92 Å². The topological polar surface area (TPSA) is 51.8 Å². The van der Waals surface area contributed by atoms with Crippen LogP contribution in [-0.2, 0) is 6.42 Å². The van der Waals surface area contributed by atoms with Gasteiger partial charge in [0.15, 0.2) is 0 Å². The highest BCUT2D eigenvalue weighted by atomic mass is 32.1. The lowest BCUT2D eigenvalue weighted by atomic mass is 10.0. The Morgan fingerprint density at radius 1 is 1.19 bits per heavy atom. The molecule has 21 heavy (non-hydrogen) atoms. The number of hydrogen-bond acceptors (Lipinski definition) is 4. The van der Waals surface area contributed by atoms with Crippen molar-refractivity contribution in [3.05, 3.63) is 70.3 Å². The molecule has 106 valence electrons. The van der Waals surface area contributed by atoms with Gasteiger partial charge in [-0.3, -0.25) is 4.98 Å². The van der Waals surface area contributed by atoms with Crippen LogP contribution in [0.3, 0.4) is 0 Å². The zero-order valence-corrected chi connectivity index (χ0v) is 12.7. The van der Waals surface area contributed by atoms with Crippen LogP contribution < -0.4 is 5.73 Å². The van der Waals surface area contributed by atoms with Gasteiger partial charge in [-0.1, -0.05) is 30.3 Å². The second-order valence-corrected chi connectivity index (χ2v) is 5.98. The van der Waals surface area contributed by atoms with Crippen molar-refractivity contribution in [1.82, 2.24) is 9.97 Å². The fraction of sp³-hybridized carbons (Fsp3) is 0.176. The molecule has 1 unspecified atom stereocenters. The minimum atomic E-state index is -0.0616. The third-order valence-electron chi connectivity index (χ3n) is 3.49. The normalized spacial score (nSPS) is 12.3. The van der Waals surface area contributed by atoms with Crippen molar-refractivity contribution < 1.29 is 0 Å². The van der Waals surface area contributed by atoms with Crippen LogP contribution in [0.2, 0.25) is 0 Å². The summed E-state index contributed by atoms with van der Waals surface area (Å²) in [5.41, 5.74) is 10.7. The van der Waals surface area contributed by atoms with Crippen LogP contribution in [0.5, 0.6) is 0 Å². The molecule has 0 aliphatic carbocycles. The van der Waals surface area contributed by atoms with Gasteiger partial charge in [0.05, 0.1) is 10.7 Å². The first kappa shape index (κ1) is 13.9. The lowest BCUT2D eigenvalue weighted by Gasteiger charge is -2.12. The zero-order chi connectivity index (χ0) is 14.7. The molecule has 2 N–H and O–H groups in total. The van der Waals surface area contributed by atoms with Crippen molar-refractivity contribution in [2.24, 2.45) is 5.73 Å². The number of rotatable bonds is 4. The number of nitrogens with two attached hydrogens (primary N) is 1. The fourth-order valence-corrected chi connectivity index (χ4v) is 3.17. The first-order valence-corrected chi connectivity index (χ1v) is 7.78. The van der Waals surface area contributed by atoms with Crippen LogP contribution in [0.1, 0.15) is 22.2 Å². The summed E-state index contributed by atoms with van der Waals surface area (Å²) < 4.78 is 0. The van der Waals surface area contributed by atoms with Gasteiger partial charge in [-0.15, -0.1) is 11.3 Å². The highest BCUT2D eigenvalue weighted by Gasteiger charge is 2.13. The average Bonchev–Trinajstić information content (AvgIpc) is 2.97. The van der Waals surface area contributed by atoms with Crippen molar-refractivity contribution in [2.45, 2.75) is 19.4 Å². The number of hydrogen-bond donors (Lipinski definition) is 1. The molecular weight excluding hydrogens is 278 g/mol. The molecule has 0 saturated carbocycles. The van der Waals surface area contributed by atoms with Gasteiger partial charge in [-0.25, -0.2) is 4.98 Å². The van der Waals surface area contributed by atoms with Crippen molar-refractivity contribution in [3.8, 4) is 11.3 Å². The van der Waals surface area contributed by atoms with Gasteiger partial charge >= 0.3 is 0 Å². The molecule has 3 nitrogen and oxygen atoms in total. The number of pyridine rings is 1. The third kappa shape index (κ3) is 3.17. The highest BCUT2D eigenvalue weighted by molar-refractivity contribution is 7.09. The molecule has 3 aromatic rings. The standard InChI is InChI=1S/C17H17N3S/c1-12-7-8-19-10-14(12)15(18)9-17-20-16(11-21-17)13-5-3-2-4-6-13/h2-8,10-11,15H,9,18H2,1H3. The number of nitrogens with zero attached hydrogens (tertiary/aromatic N) is 2. The molecule has 2 heterocycles. The van der Waals surface area contributed by atoms with E-state index in [0.717, 1.165) is 28.2 Å². The van der Waals surface area contributed by atoms with E-state index in [9.17, 15) is 0 Å². The van der Waals surface area contributed by atoms with Crippen LogP contribution in [0.25, 0.3) is 11.3 Å². The van der Waals surface area contributed by atoms with Gasteiger partial charge < -0.3 is 5.73 Å². The Hall–Kier alpha value is -2.04. The summed E-state index contributed by atoms with van der Waals surface area (Å²) in [6, 6.07) is 12.1. The van der Waals surface area contributed by atoms with Crippen LogP contribution in [0.4, 0.5) is 0 Å². The van der Waals surface area contributed by atoms with E-state index >= 15 is 0 Å². The third-order valence-corrected chi connectivity index (χ3v) is 4.37. The van der Waals surface area contributed by atoms with E-state index in [0.29, 0.717) is 0 Å². The van der Waals surface area contributed by atoms with Gasteiger partial charge in [-0.2, -0.15) is 0 Å². The van der Waals surface area contributed by atoms with E-state index in [2.05, 4.69) is 29.4 Å². The number of benzene rings is 1. The quantitative estimate of drug-likeness (QED) is 0.797. The molecule has 0 amide bonds. The molecule has 0 saturated heterocycles. The molecule has 0 bridgehead atoms. The van der Waals surface area contributed by atoms with Crippen LogP contribution in [-0.4, -0.2) is 9.97 Å². The lowest BCUT2D eigenvalue weighted by molar-refractivity contribution is 0.709. The predicted octanol–water partition coefficient (Wildman–Crippen LogP) is 3.76. The summed E-state index contributed by atoms with van der Waals surface area (Å²) in [5, 5.41) is 3.15. The molecular formula is C17H17N3S. The number of aryl methyl sites for hydroxylation is 1. The molecule has 3 rings (SSSR count). The number of thiazole rings is 1. The molecule has 2 aromatic heterocycles. The Balaban J connectivity index is 1.77. The summed E-state index contributed by atoms with van der Waals surface area (Å²) in [7, 11) is 0.